The third-order valence-corrected chi connectivity index (χ3v) is 2.46. The summed E-state index contributed by atoms with van der Waals surface area (Å²) in [7, 11) is 0. The van der Waals surface area contributed by atoms with E-state index in [9.17, 15) is 10.2 Å². The van der Waals surface area contributed by atoms with Crippen LogP contribution in [0.5, 0.6) is 0 Å². The third kappa shape index (κ3) is 3.62. The fourth-order valence-electron chi connectivity index (χ4n) is 1.74. The van der Waals surface area contributed by atoms with Gasteiger partial charge in [-0.2, -0.15) is 5.26 Å². The molecule has 0 saturated heterocycles. The second kappa shape index (κ2) is 6.67. The predicted octanol–water partition coefficient (Wildman–Crippen LogP) is 1.40. The van der Waals surface area contributed by atoms with Crippen LogP contribution in [-0.4, -0.2) is 22.4 Å². The third-order valence-electron chi connectivity index (χ3n) is 2.46. The molecule has 0 amide bonds. The topological polar surface area (TPSA) is 64.2 Å². The first-order valence-electron chi connectivity index (χ1n) is 4.92. The van der Waals surface area contributed by atoms with Crippen LogP contribution in [0.15, 0.2) is 24.3 Å². The first-order chi connectivity index (χ1) is 7.06. The van der Waals surface area contributed by atoms with Crippen LogP contribution in [0.25, 0.3) is 0 Å². The summed E-state index contributed by atoms with van der Waals surface area (Å²) < 4.78 is 0. The number of hydrogen-bond donors (Lipinski definition) is 2. The molecule has 0 aliphatic carbocycles. The Labute approximate surface area is 106 Å². The summed E-state index contributed by atoms with van der Waals surface area (Å²) in [5.74, 6) is -0.308. The van der Waals surface area contributed by atoms with E-state index in [0.717, 1.165) is 5.56 Å². The Morgan fingerprint density at radius 3 is 1.81 bits per heavy atom. The second-order valence-electron chi connectivity index (χ2n) is 3.74. The molecular weight excluding hydrogens is 254 g/mol. The van der Waals surface area contributed by atoms with Crippen molar-refractivity contribution in [1.29, 1.82) is 5.26 Å². The number of nitrogens with zero attached hydrogens (tertiary/aromatic N) is 1. The van der Waals surface area contributed by atoms with E-state index in [1.54, 1.807) is 38.1 Å². The van der Waals surface area contributed by atoms with Crippen molar-refractivity contribution in [2.24, 2.45) is 0 Å². The van der Waals surface area contributed by atoms with Crippen molar-refractivity contribution in [3.63, 3.8) is 0 Å². The minimum atomic E-state index is -0.613. The maximum absolute atomic E-state index is 9.54. The smallest absolute Gasteiger partial charge is 0.0991 e. The first kappa shape index (κ1) is 15.1. The fourth-order valence-corrected chi connectivity index (χ4v) is 1.74. The van der Waals surface area contributed by atoms with Crippen LogP contribution < -0.4 is 0 Å². The van der Waals surface area contributed by atoms with Gasteiger partial charge < -0.3 is 10.2 Å². The Balaban J connectivity index is 0.00000225. The number of rotatable bonds is 3. The molecule has 1 aromatic rings. The van der Waals surface area contributed by atoms with Crippen molar-refractivity contribution in [2.45, 2.75) is 32.0 Å². The van der Waals surface area contributed by atoms with E-state index in [4.69, 9.17) is 5.26 Å². The molecule has 0 aliphatic heterocycles. The van der Waals surface area contributed by atoms with E-state index < -0.39 is 12.2 Å². The van der Waals surface area contributed by atoms with Crippen LogP contribution in [0.1, 0.15) is 30.9 Å². The summed E-state index contributed by atoms with van der Waals surface area (Å²) in [6.45, 7) is 3.30. The monoisotopic (exact) mass is 268 g/mol. The SMILES string of the molecule is CC(O)C(c1ccc(C#N)cc1)C(C)O.[Cu]. The van der Waals surface area contributed by atoms with Crippen LogP contribution in [0.2, 0.25) is 0 Å². The Kier molecular flexibility index (Phi) is 6.32. The van der Waals surface area contributed by atoms with Crippen molar-refractivity contribution in [2.75, 3.05) is 0 Å². The Morgan fingerprint density at radius 1 is 1.06 bits per heavy atom. The number of nitriles is 1. The largest absolute Gasteiger partial charge is 0.393 e. The molecule has 4 heteroatoms. The van der Waals surface area contributed by atoms with Gasteiger partial charge in [0.1, 0.15) is 0 Å². The molecule has 0 saturated carbocycles. The molecule has 0 fully saturated rings. The average molecular weight is 269 g/mol. The van der Waals surface area contributed by atoms with Gasteiger partial charge in [-0.05, 0) is 31.5 Å². The van der Waals surface area contributed by atoms with Gasteiger partial charge in [-0.1, -0.05) is 12.1 Å². The van der Waals surface area contributed by atoms with Crippen molar-refractivity contribution >= 4 is 0 Å². The molecule has 1 rings (SSSR count). The van der Waals surface area contributed by atoms with Crippen LogP contribution in [0.3, 0.4) is 0 Å². The van der Waals surface area contributed by atoms with Gasteiger partial charge in [0.2, 0.25) is 0 Å². The Hall–Kier alpha value is -0.851. The van der Waals surface area contributed by atoms with Gasteiger partial charge in [0, 0.05) is 23.0 Å². The maximum Gasteiger partial charge on any atom is 0.0991 e. The zero-order valence-corrected chi connectivity index (χ0v) is 10.1. The van der Waals surface area contributed by atoms with E-state index in [-0.39, 0.29) is 23.0 Å². The van der Waals surface area contributed by atoms with Crippen molar-refractivity contribution in [1.82, 2.24) is 0 Å². The van der Waals surface area contributed by atoms with E-state index >= 15 is 0 Å². The molecule has 1 aromatic carbocycles. The first-order valence-corrected chi connectivity index (χ1v) is 4.92. The molecule has 16 heavy (non-hydrogen) atoms. The van der Waals surface area contributed by atoms with E-state index in [1.165, 1.54) is 0 Å². The van der Waals surface area contributed by atoms with Crippen LogP contribution in [-0.2, 0) is 17.1 Å². The minimum absolute atomic E-state index is 0. The predicted molar refractivity (Wildman–Crippen MR) is 57.3 cm³/mol. The van der Waals surface area contributed by atoms with Gasteiger partial charge in [-0.3, -0.25) is 0 Å². The van der Waals surface area contributed by atoms with Crippen LogP contribution in [0, 0.1) is 11.3 Å². The van der Waals surface area contributed by atoms with Gasteiger partial charge in [-0.25, -0.2) is 0 Å². The number of hydrogen-bond acceptors (Lipinski definition) is 3. The van der Waals surface area contributed by atoms with E-state index in [2.05, 4.69) is 0 Å². The summed E-state index contributed by atoms with van der Waals surface area (Å²) in [6, 6.07) is 8.93. The van der Waals surface area contributed by atoms with E-state index in [1.807, 2.05) is 6.07 Å². The number of aliphatic hydroxyl groups is 2. The summed E-state index contributed by atoms with van der Waals surface area (Å²) in [5.41, 5.74) is 1.42. The summed E-state index contributed by atoms with van der Waals surface area (Å²) in [6.07, 6.45) is -1.23. The molecule has 0 spiro atoms. The zero-order chi connectivity index (χ0) is 11.4. The van der Waals surface area contributed by atoms with Crippen molar-refractivity contribution in [3.05, 3.63) is 35.4 Å². The number of aliphatic hydroxyl groups excluding tert-OH is 2. The molecule has 1 radical (unpaired) electrons. The van der Waals surface area contributed by atoms with Gasteiger partial charge in [0.15, 0.2) is 0 Å². The molecule has 2 N–H and O–H groups in total. The quantitative estimate of drug-likeness (QED) is 0.815. The average Bonchev–Trinajstić information content (AvgIpc) is 2.18. The van der Waals surface area contributed by atoms with Gasteiger partial charge in [0.25, 0.3) is 0 Å². The molecular formula is C12H15CuNO2. The molecule has 2 unspecified atom stereocenters. The minimum Gasteiger partial charge on any atom is -0.393 e. The van der Waals surface area contributed by atoms with Crippen LogP contribution >= 0.6 is 0 Å². The summed E-state index contributed by atoms with van der Waals surface area (Å²) >= 11 is 0. The Morgan fingerprint density at radius 2 is 1.50 bits per heavy atom. The molecule has 0 aliphatic rings. The molecule has 0 bridgehead atoms. The normalized spacial score (nSPS) is 15.4. The van der Waals surface area contributed by atoms with Gasteiger partial charge in [-0.15, -0.1) is 0 Å². The summed E-state index contributed by atoms with van der Waals surface area (Å²) in [5, 5.41) is 27.7. The molecule has 0 heterocycles. The van der Waals surface area contributed by atoms with Crippen molar-refractivity contribution in [3.8, 4) is 6.07 Å². The van der Waals surface area contributed by atoms with E-state index in [0.29, 0.717) is 5.56 Å². The second-order valence-corrected chi connectivity index (χ2v) is 3.74. The maximum atomic E-state index is 9.54. The van der Waals surface area contributed by atoms with Crippen LogP contribution in [0.4, 0.5) is 0 Å². The van der Waals surface area contributed by atoms with Gasteiger partial charge in [0.05, 0.1) is 23.8 Å². The standard InChI is InChI=1S/C12H15NO2.Cu/c1-8(14)12(9(2)15)11-5-3-10(7-13)4-6-11;/h3-6,8-9,12,14-15H,1-2H3;. The van der Waals surface area contributed by atoms with Crippen molar-refractivity contribution < 1.29 is 27.3 Å². The summed E-state index contributed by atoms with van der Waals surface area (Å²) in [4.78, 5) is 0. The van der Waals surface area contributed by atoms with Gasteiger partial charge >= 0.3 is 0 Å². The molecule has 2 atom stereocenters. The number of benzene rings is 1. The molecule has 91 valence electrons. The zero-order valence-electron chi connectivity index (χ0n) is 9.18. The molecule has 0 aromatic heterocycles. The Bertz CT molecular complexity index is 346. The fraction of sp³-hybridized carbons (Fsp3) is 0.417. The molecule has 3 nitrogen and oxygen atoms in total.